The van der Waals surface area contributed by atoms with Crippen LogP contribution in [0, 0.1) is 12.7 Å². The van der Waals surface area contributed by atoms with Gasteiger partial charge in [-0.25, -0.2) is 9.18 Å². The lowest BCUT2D eigenvalue weighted by Gasteiger charge is -2.26. The minimum Gasteiger partial charge on any atom is -0.489 e. The van der Waals surface area contributed by atoms with Gasteiger partial charge in [-0.3, -0.25) is 9.69 Å². The highest BCUT2D eigenvalue weighted by atomic mass is 19.1. The van der Waals surface area contributed by atoms with E-state index in [0.717, 1.165) is 18.7 Å². The number of ether oxygens (including phenoxy) is 2. The Labute approximate surface area is 179 Å². The summed E-state index contributed by atoms with van der Waals surface area (Å²) in [4.78, 5) is 27.3. The van der Waals surface area contributed by atoms with E-state index in [4.69, 9.17) is 13.9 Å². The van der Waals surface area contributed by atoms with Gasteiger partial charge in [-0.05, 0) is 30.7 Å². The molecule has 0 N–H and O–H groups in total. The van der Waals surface area contributed by atoms with E-state index in [2.05, 4.69) is 4.90 Å². The Hall–Kier alpha value is -3.03. The Balaban J connectivity index is 1.51. The monoisotopic (exact) mass is 425 g/mol. The normalized spacial score (nSPS) is 14.6. The Bertz CT molecular complexity index is 1150. The smallest absolute Gasteiger partial charge is 0.347 e. The summed E-state index contributed by atoms with van der Waals surface area (Å²) in [5.41, 5.74) is 0.960. The molecule has 0 saturated carbocycles. The van der Waals surface area contributed by atoms with E-state index in [-0.39, 0.29) is 30.2 Å². The van der Waals surface area contributed by atoms with E-state index in [9.17, 15) is 14.0 Å². The number of aryl methyl sites for hydroxylation is 1. The third kappa shape index (κ3) is 5.00. The molecular formula is C24H24FNO5. The number of rotatable bonds is 7. The van der Waals surface area contributed by atoms with Gasteiger partial charge in [0.2, 0.25) is 0 Å². The molecule has 0 bridgehead atoms. The number of hydrogen-bond donors (Lipinski definition) is 0. The molecule has 2 heterocycles. The summed E-state index contributed by atoms with van der Waals surface area (Å²) >= 11 is 0. The zero-order valence-electron chi connectivity index (χ0n) is 17.4. The van der Waals surface area contributed by atoms with Crippen LogP contribution in [0.4, 0.5) is 4.39 Å². The molecule has 0 radical (unpaired) electrons. The number of carbonyl (C=O) groups is 1. The molecule has 0 spiro atoms. The topological polar surface area (TPSA) is 69.0 Å². The molecule has 0 amide bonds. The summed E-state index contributed by atoms with van der Waals surface area (Å²) in [7, 11) is 0. The van der Waals surface area contributed by atoms with Gasteiger partial charge < -0.3 is 13.9 Å². The quantitative estimate of drug-likeness (QED) is 0.425. The number of fused-ring (bicyclic) bond motifs is 1. The number of nitrogens with zero attached hydrogens (tertiary/aromatic N) is 1. The van der Waals surface area contributed by atoms with Gasteiger partial charge in [-0.15, -0.1) is 0 Å². The Morgan fingerprint density at radius 3 is 2.71 bits per heavy atom. The molecule has 0 aliphatic carbocycles. The molecule has 0 atom stereocenters. The van der Waals surface area contributed by atoms with Gasteiger partial charge >= 0.3 is 5.63 Å². The maximum Gasteiger partial charge on any atom is 0.347 e. The Morgan fingerprint density at radius 2 is 1.94 bits per heavy atom. The summed E-state index contributed by atoms with van der Waals surface area (Å²) < 4.78 is 30.2. The van der Waals surface area contributed by atoms with Crippen molar-refractivity contribution in [1.82, 2.24) is 4.90 Å². The van der Waals surface area contributed by atoms with Gasteiger partial charge in [-0.1, -0.05) is 18.2 Å². The van der Waals surface area contributed by atoms with E-state index in [1.807, 2.05) is 6.92 Å². The van der Waals surface area contributed by atoms with Crippen molar-refractivity contribution in [3.05, 3.63) is 75.4 Å². The molecule has 3 aromatic rings. The largest absolute Gasteiger partial charge is 0.489 e. The van der Waals surface area contributed by atoms with Gasteiger partial charge in [-0.2, -0.15) is 0 Å². The lowest BCUT2D eigenvalue weighted by molar-refractivity contribution is 0.0370. The molecular weight excluding hydrogens is 401 g/mol. The number of halogens is 1. The maximum atomic E-state index is 13.8. The van der Waals surface area contributed by atoms with Crippen molar-refractivity contribution >= 4 is 16.8 Å². The third-order valence-corrected chi connectivity index (χ3v) is 5.45. The van der Waals surface area contributed by atoms with Crippen LogP contribution in [-0.4, -0.2) is 43.5 Å². The van der Waals surface area contributed by atoms with Crippen LogP contribution in [0.15, 0.2) is 51.7 Å². The lowest BCUT2D eigenvalue weighted by atomic mass is 10.0. The van der Waals surface area contributed by atoms with Gasteiger partial charge in [0.05, 0.1) is 13.2 Å². The summed E-state index contributed by atoms with van der Waals surface area (Å²) in [5, 5.41) is 0.674. The first-order chi connectivity index (χ1) is 15.0. The van der Waals surface area contributed by atoms with Crippen LogP contribution in [0.5, 0.6) is 5.75 Å². The van der Waals surface area contributed by atoms with Crippen molar-refractivity contribution in [3.63, 3.8) is 0 Å². The predicted octanol–water partition coefficient (Wildman–Crippen LogP) is 3.72. The van der Waals surface area contributed by atoms with Crippen LogP contribution >= 0.6 is 0 Å². The van der Waals surface area contributed by atoms with E-state index < -0.39 is 5.63 Å². The second-order valence-corrected chi connectivity index (χ2v) is 7.61. The SMILES string of the molecule is Cc1cc(OCc2ccccc2F)cc2oc(=O)c(C(=O)CCN3CCOCC3)cc12. The third-order valence-electron chi connectivity index (χ3n) is 5.45. The minimum absolute atomic E-state index is 0.0555. The molecule has 1 aliphatic rings. The van der Waals surface area contributed by atoms with Crippen LogP contribution in [0.25, 0.3) is 11.0 Å². The fraction of sp³-hybridized carbons (Fsp3) is 0.333. The maximum absolute atomic E-state index is 13.8. The van der Waals surface area contributed by atoms with Gasteiger partial charge in [0.1, 0.15) is 29.3 Å². The van der Waals surface area contributed by atoms with E-state index in [0.29, 0.717) is 42.0 Å². The second kappa shape index (κ2) is 9.41. The second-order valence-electron chi connectivity index (χ2n) is 7.61. The predicted molar refractivity (Wildman–Crippen MR) is 114 cm³/mol. The number of carbonyl (C=O) groups excluding carboxylic acids is 1. The zero-order chi connectivity index (χ0) is 21.8. The number of morpholine rings is 1. The molecule has 0 unspecified atom stereocenters. The highest BCUT2D eigenvalue weighted by Gasteiger charge is 2.18. The molecule has 6 nitrogen and oxygen atoms in total. The highest BCUT2D eigenvalue weighted by molar-refractivity contribution is 5.98. The first-order valence-electron chi connectivity index (χ1n) is 10.3. The Kier molecular flexibility index (Phi) is 6.44. The standard InChI is InChI=1S/C24H24FNO5/c1-16-12-18(30-15-17-4-2-3-5-21(17)25)13-23-19(16)14-20(24(28)31-23)22(27)6-7-26-8-10-29-11-9-26/h2-5,12-14H,6-11,15H2,1H3. The van der Waals surface area contributed by atoms with Crippen LogP contribution < -0.4 is 10.4 Å². The fourth-order valence-corrected chi connectivity index (χ4v) is 3.63. The summed E-state index contributed by atoms with van der Waals surface area (Å²) in [6.07, 6.45) is 0.249. The van der Waals surface area contributed by atoms with Crippen molar-refractivity contribution < 1.29 is 23.1 Å². The van der Waals surface area contributed by atoms with Crippen molar-refractivity contribution in [1.29, 1.82) is 0 Å². The first-order valence-corrected chi connectivity index (χ1v) is 10.3. The van der Waals surface area contributed by atoms with Crippen molar-refractivity contribution in [3.8, 4) is 5.75 Å². The Morgan fingerprint density at radius 1 is 1.16 bits per heavy atom. The molecule has 162 valence electrons. The number of hydrogen-bond acceptors (Lipinski definition) is 6. The summed E-state index contributed by atoms with van der Waals surface area (Å²) in [6, 6.07) is 11.4. The molecule has 1 saturated heterocycles. The van der Waals surface area contributed by atoms with Gasteiger partial charge in [0, 0.05) is 43.1 Å². The molecule has 1 fully saturated rings. The van der Waals surface area contributed by atoms with Gasteiger partial charge in [0.15, 0.2) is 5.78 Å². The van der Waals surface area contributed by atoms with Crippen LogP contribution in [0.2, 0.25) is 0 Å². The average molecular weight is 425 g/mol. The number of benzene rings is 2. The van der Waals surface area contributed by atoms with Crippen LogP contribution in [0.1, 0.15) is 27.9 Å². The van der Waals surface area contributed by atoms with Crippen molar-refractivity contribution in [2.24, 2.45) is 0 Å². The molecule has 1 aliphatic heterocycles. The highest BCUT2D eigenvalue weighted by Crippen LogP contribution is 2.26. The van der Waals surface area contributed by atoms with E-state index in [1.54, 1.807) is 36.4 Å². The van der Waals surface area contributed by atoms with Crippen LogP contribution in [-0.2, 0) is 11.3 Å². The molecule has 2 aromatic carbocycles. The summed E-state index contributed by atoms with van der Waals surface area (Å²) in [5.74, 6) is -0.115. The molecule has 7 heteroatoms. The van der Waals surface area contributed by atoms with E-state index >= 15 is 0 Å². The molecule has 4 rings (SSSR count). The zero-order valence-corrected chi connectivity index (χ0v) is 17.4. The summed E-state index contributed by atoms with van der Waals surface area (Å²) in [6.45, 7) is 5.38. The number of Topliss-reactive ketones (excluding diaryl/α,β-unsaturated/α-hetero) is 1. The fourth-order valence-electron chi connectivity index (χ4n) is 3.63. The van der Waals surface area contributed by atoms with Crippen molar-refractivity contribution in [2.75, 3.05) is 32.8 Å². The minimum atomic E-state index is -0.662. The first kappa shape index (κ1) is 21.2. The number of ketones is 1. The molecule has 31 heavy (non-hydrogen) atoms. The average Bonchev–Trinajstić information content (AvgIpc) is 2.77. The molecule has 1 aromatic heterocycles. The van der Waals surface area contributed by atoms with Crippen LogP contribution in [0.3, 0.4) is 0 Å². The van der Waals surface area contributed by atoms with Gasteiger partial charge in [0.25, 0.3) is 0 Å². The van der Waals surface area contributed by atoms with E-state index in [1.165, 1.54) is 6.07 Å². The van der Waals surface area contributed by atoms with Crippen molar-refractivity contribution in [2.45, 2.75) is 20.0 Å². The lowest BCUT2D eigenvalue weighted by Crippen LogP contribution is -2.37.